The minimum absolute atomic E-state index is 0.0798. The van der Waals surface area contributed by atoms with E-state index in [-0.39, 0.29) is 18.1 Å². The molecule has 4 heteroatoms. The molecule has 1 saturated heterocycles. The van der Waals surface area contributed by atoms with Crippen LogP contribution in [0.15, 0.2) is 0 Å². The van der Waals surface area contributed by atoms with Gasteiger partial charge in [-0.3, -0.25) is 4.79 Å². The van der Waals surface area contributed by atoms with E-state index in [2.05, 4.69) is 5.32 Å². The molecule has 1 fully saturated rings. The minimum atomic E-state index is -0.806. The molecule has 1 atom stereocenters. The molecule has 1 unspecified atom stereocenters. The summed E-state index contributed by atoms with van der Waals surface area (Å²) < 4.78 is 5.54. The van der Waals surface area contributed by atoms with Gasteiger partial charge in [0.05, 0.1) is 18.1 Å². The highest BCUT2D eigenvalue weighted by molar-refractivity contribution is 5.67. The summed E-state index contributed by atoms with van der Waals surface area (Å²) in [6, 6.07) is 0. The van der Waals surface area contributed by atoms with Crippen LogP contribution < -0.4 is 5.32 Å². The number of nitrogens with one attached hydrogen (secondary N) is 1. The van der Waals surface area contributed by atoms with E-state index in [1.54, 1.807) is 0 Å². The van der Waals surface area contributed by atoms with Gasteiger partial charge in [-0.15, -0.1) is 0 Å². The number of hydrogen-bond donors (Lipinski definition) is 2. The van der Waals surface area contributed by atoms with Crippen molar-refractivity contribution in [2.45, 2.75) is 32.0 Å². The van der Waals surface area contributed by atoms with Gasteiger partial charge in [0, 0.05) is 13.1 Å². The molecule has 70 valence electrons. The first-order valence-electron chi connectivity index (χ1n) is 4.10. The highest BCUT2D eigenvalue weighted by Crippen LogP contribution is 2.16. The van der Waals surface area contributed by atoms with Crippen molar-refractivity contribution in [3.05, 3.63) is 0 Å². The zero-order valence-corrected chi connectivity index (χ0v) is 7.46. The van der Waals surface area contributed by atoms with Gasteiger partial charge in [0.2, 0.25) is 0 Å². The van der Waals surface area contributed by atoms with E-state index in [1.807, 2.05) is 13.8 Å². The van der Waals surface area contributed by atoms with Crippen molar-refractivity contribution >= 4 is 5.97 Å². The maximum Gasteiger partial charge on any atom is 0.306 e. The van der Waals surface area contributed by atoms with Crippen LogP contribution in [0, 0.1) is 0 Å². The number of hydrogen-bond acceptors (Lipinski definition) is 3. The second-order valence-corrected chi connectivity index (χ2v) is 3.73. The maximum absolute atomic E-state index is 10.4. The summed E-state index contributed by atoms with van der Waals surface area (Å²) in [6.45, 7) is 5.32. The monoisotopic (exact) mass is 173 g/mol. The third kappa shape index (κ3) is 2.79. The Morgan fingerprint density at radius 2 is 2.42 bits per heavy atom. The van der Waals surface area contributed by atoms with Crippen molar-refractivity contribution in [3.63, 3.8) is 0 Å². The van der Waals surface area contributed by atoms with Gasteiger partial charge in [0.15, 0.2) is 0 Å². The lowest BCUT2D eigenvalue weighted by molar-refractivity contribution is -0.146. The molecule has 0 radical (unpaired) electrons. The van der Waals surface area contributed by atoms with Crippen LogP contribution in [0.1, 0.15) is 20.3 Å². The number of carboxylic acid groups (broad SMARTS) is 1. The SMILES string of the molecule is CC1(C)CNCC(CC(=O)O)O1. The van der Waals surface area contributed by atoms with Crippen LogP contribution in [-0.2, 0) is 9.53 Å². The van der Waals surface area contributed by atoms with E-state index in [4.69, 9.17) is 9.84 Å². The molecule has 1 heterocycles. The Labute approximate surface area is 71.9 Å². The summed E-state index contributed by atoms with van der Waals surface area (Å²) >= 11 is 0. The van der Waals surface area contributed by atoms with Crippen molar-refractivity contribution in [1.82, 2.24) is 5.32 Å². The zero-order valence-electron chi connectivity index (χ0n) is 7.46. The topological polar surface area (TPSA) is 58.6 Å². The van der Waals surface area contributed by atoms with Crippen LogP contribution in [0.25, 0.3) is 0 Å². The van der Waals surface area contributed by atoms with Crippen molar-refractivity contribution in [1.29, 1.82) is 0 Å². The van der Waals surface area contributed by atoms with Crippen LogP contribution in [-0.4, -0.2) is 35.9 Å². The third-order valence-corrected chi connectivity index (χ3v) is 1.81. The third-order valence-electron chi connectivity index (χ3n) is 1.81. The van der Waals surface area contributed by atoms with Crippen molar-refractivity contribution in [2.24, 2.45) is 0 Å². The van der Waals surface area contributed by atoms with E-state index in [1.165, 1.54) is 0 Å². The van der Waals surface area contributed by atoms with E-state index >= 15 is 0 Å². The van der Waals surface area contributed by atoms with Gasteiger partial charge in [-0.05, 0) is 13.8 Å². The van der Waals surface area contributed by atoms with Crippen molar-refractivity contribution in [3.8, 4) is 0 Å². The largest absolute Gasteiger partial charge is 0.481 e. The average Bonchev–Trinajstić information content (AvgIpc) is 1.82. The lowest BCUT2D eigenvalue weighted by Gasteiger charge is -2.36. The molecule has 0 bridgehead atoms. The first-order chi connectivity index (χ1) is 5.49. The first-order valence-corrected chi connectivity index (χ1v) is 4.10. The Bertz CT molecular complexity index is 179. The van der Waals surface area contributed by atoms with Crippen LogP contribution in [0.5, 0.6) is 0 Å². The number of carbonyl (C=O) groups is 1. The molecule has 1 aliphatic rings. The number of carboxylic acids is 1. The Hall–Kier alpha value is -0.610. The Balaban J connectivity index is 2.41. The summed E-state index contributed by atoms with van der Waals surface area (Å²) in [5, 5.41) is 11.7. The van der Waals surface area contributed by atoms with Gasteiger partial charge in [0.1, 0.15) is 0 Å². The zero-order chi connectivity index (χ0) is 9.19. The maximum atomic E-state index is 10.4. The van der Waals surface area contributed by atoms with E-state index in [0.29, 0.717) is 6.54 Å². The molecule has 0 aromatic heterocycles. The lowest BCUT2D eigenvalue weighted by atomic mass is 10.1. The summed E-state index contributed by atoms with van der Waals surface area (Å²) in [4.78, 5) is 10.4. The molecule has 0 aromatic carbocycles. The predicted octanol–water partition coefficient (Wildman–Crippen LogP) is 0.228. The van der Waals surface area contributed by atoms with Crippen LogP contribution >= 0.6 is 0 Å². The molecular formula is C8H15NO3. The smallest absolute Gasteiger partial charge is 0.306 e. The predicted molar refractivity (Wildman–Crippen MR) is 44.1 cm³/mol. The Kier molecular flexibility index (Phi) is 2.69. The minimum Gasteiger partial charge on any atom is -0.481 e. The van der Waals surface area contributed by atoms with Gasteiger partial charge in [-0.25, -0.2) is 0 Å². The average molecular weight is 173 g/mol. The molecule has 4 nitrogen and oxygen atoms in total. The van der Waals surface area contributed by atoms with Crippen LogP contribution in [0.3, 0.4) is 0 Å². The second kappa shape index (κ2) is 3.41. The fourth-order valence-electron chi connectivity index (χ4n) is 1.38. The Morgan fingerprint density at radius 3 is 2.92 bits per heavy atom. The molecular weight excluding hydrogens is 158 g/mol. The van der Waals surface area contributed by atoms with Crippen LogP contribution in [0.4, 0.5) is 0 Å². The number of aliphatic carboxylic acids is 1. The van der Waals surface area contributed by atoms with Gasteiger partial charge >= 0.3 is 5.97 Å². The van der Waals surface area contributed by atoms with E-state index in [0.717, 1.165) is 6.54 Å². The molecule has 0 amide bonds. The summed E-state index contributed by atoms with van der Waals surface area (Å²) in [6.07, 6.45) is -0.109. The molecule has 1 rings (SSSR count). The number of ether oxygens (including phenoxy) is 1. The Morgan fingerprint density at radius 1 is 1.75 bits per heavy atom. The molecule has 0 aliphatic carbocycles. The second-order valence-electron chi connectivity index (χ2n) is 3.73. The van der Waals surface area contributed by atoms with Gasteiger partial charge in [-0.2, -0.15) is 0 Å². The molecule has 1 aliphatic heterocycles. The quantitative estimate of drug-likeness (QED) is 0.627. The number of rotatable bonds is 2. The normalized spacial score (nSPS) is 28.3. The lowest BCUT2D eigenvalue weighted by Crippen LogP contribution is -2.50. The number of morpholine rings is 1. The summed E-state index contributed by atoms with van der Waals surface area (Å²) in [5.74, 6) is -0.806. The first kappa shape index (κ1) is 9.48. The van der Waals surface area contributed by atoms with Gasteiger partial charge < -0.3 is 15.2 Å². The van der Waals surface area contributed by atoms with Crippen LogP contribution in [0.2, 0.25) is 0 Å². The van der Waals surface area contributed by atoms with E-state index in [9.17, 15) is 4.79 Å². The molecule has 0 aromatic rings. The van der Waals surface area contributed by atoms with E-state index < -0.39 is 5.97 Å². The van der Waals surface area contributed by atoms with Crippen molar-refractivity contribution in [2.75, 3.05) is 13.1 Å². The standard InChI is InChI=1S/C8H15NO3/c1-8(2)5-9-4-6(12-8)3-7(10)11/h6,9H,3-5H2,1-2H3,(H,10,11). The van der Waals surface area contributed by atoms with Gasteiger partial charge in [-0.1, -0.05) is 0 Å². The highest BCUT2D eigenvalue weighted by atomic mass is 16.5. The van der Waals surface area contributed by atoms with Crippen molar-refractivity contribution < 1.29 is 14.6 Å². The molecule has 2 N–H and O–H groups in total. The molecule has 0 spiro atoms. The highest BCUT2D eigenvalue weighted by Gasteiger charge is 2.29. The fourth-order valence-corrected chi connectivity index (χ4v) is 1.38. The molecule has 0 saturated carbocycles. The summed E-state index contributed by atoms with van der Waals surface area (Å²) in [5.41, 5.74) is -0.238. The van der Waals surface area contributed by atoms with Gasteiger partial charge in [0.25, 0.3) is 0 Å². The fraction of sp³-hybridized carbons (Fsp3) is 0.875. The summed E-state index contributed by atoms with van der Waals surface area (Å²) in [7, 11) is 0. The molecule has 12 heavy (non-hydrogen) atoms.